The monoisotopic (exact) mass is 334 g/mol. The molecule has 2 unspecified atom stereocenters. The molecule has 23 heavy (non-hydrogen) atoms. The number of rotatable bonds is 3. The summed E-state index contributed by atoms with van der Waals surface area (Å²) in [5, 5.41) is 9.00. The number of hydrogen-bond donors (Lipinski definition) is 1. The van der Waals surface area contributed by atoms with Crippen LogP contribution >= 0.6 is 11.6 Å². The molecule has 1 aliphatic rings. The topological polar surface area (TPSA) is 96.8 Å². The van der Waals surface area contributed by atoms with Crippen LogP contribution in [-0.4, -0.2) is 28.6 Å². The number of azo groups is 1. The second kappa shape index (κ2) is 5.73. The van der Waals surface area contributed by atoms with Gasteiger partial charge in [-0.25, -0.2) is 9.78 Å². The lowest BCUT2D eigenvalue weighted by Gasteiger charge is -2.18. The van der Waals surface area contributed by atoms with Crippen LogP contribution in [-0.2, 0) is 15.1 Å². The second-order valence-corrected chi connectivity index (χ2v) is 5.97. The third-order valence-electron chi connectivity index (χ3n) is 3.74. The van der Waals surface area contributed by atoms with Gasteiger partial charge in [0, 0.05) is 11.4 Å². The van der Waals surface area contributed by atoms with Crippen LogP contribution in [0.4, 0.5) is 0 Å². The summed E-state index contributed by atoms with van der Waals surface area (Å²) in [6.07, 6.45) is 0.299. The highest BCUT2D eigenvalue weighted by Crippen LogP contribution is 2.35. The smallest absolute Gasteiger partial charge is 0.332 e. The van der Waals surface area contributed by atoms with Crippen molar-refractivity contribution >= 4 is 28.5 Å². The Balaban J connectivity index is 1.98. The van der Waals surface area contributed by atoms with Crippen molar-refractivity contribution in [2.45, 2.75) is 31.8 Å². The number of H-pyrrole nitrogens is 1. The summed E-state index contributed by atoms with van der Waals surface area (Å²) in [5.74, 6) is -0.0530. The molecule has 0 aliphatic carbocycles. The number of aromatic nitrogens is 2. The number of benzene rings is 1. The molecular weight excluding hydrogens is 320 g/mol. The summed E-state index contributed by atoms with van der Waals surface area (Å²) in [6, 6.07) is 4.23. The Bertz CT molecular complexity index is 863. The summed E-state index contributed by atoms with van der Waals surface area (Å²) in [7, 11) is 0. The molecule has 7 nitrogen and oxygen atoms in total. The normalized spacial score (nSPS) is 23.3. The minimum absolute atomic E-state index is 0.285. The van der Waals surface area contributed by atoms with Crippen LogP contribution in [0.3, 0.4) is 0 Å². The van der Waals surface area contributed by atoms with Crippen LogP contribution in [0.5, 0.6) is 0 Å². The summed E-state index contributed by atoms with van der Waals surface area (Å²) in [6.45, 7) is 3.79. The van der Waals surface area contributed by atoms with E-state index in [9.17, 15) is 9.59 Å². The van der Waals surface area contributed by atoms with Crippen LogP contribution in [0.25, 0.3) is 10.9 Å². The molecule has 8 heteroatoms. The number of carbonyl (C=O) groups is 1. The van der Waals surface area contributed by atoms with Gasteiger partial charge in [-0.2, -0.15) is 10.2 Å². The molecule has 2 aromatic rings. The number of aromatic amines is 1. The van der Waals surface area contributed by atoms with Gasteiger partial charge >= 0.3 is 5.97 Å². The van der Waals surface area contributed by atoms with Gasteiger partial charge in [-0.15, -0.1) is 0 Å². The average molecular weight is 335 g/mol. The van der Waals surface area contributed by atoms with Gasteiger partial charge in [0.15, 0.2) is 6.04 Å². The highest BCUT2D eigenvalue weighted by Gasteiger charge is 2.41. The van der Waals surface area contributed by atoms with Crippen LogP contribution in [0.15, 0.2) is 33.2 Å². The van der Waals surface area contributed by atoms with Crippen LogP contribution in [0.2, 0.25) is 5.02 Å². The first-order valence-electron chi connectivity index (χ1n) is 7.21. The number of fused-ring (bicyclic) bond motifs is 1. The Hall–Kier alpha value is -2.28. The molecule has 120 valence electrons. The molecule has 1 N–H and O–H groups in total. The molecule has 0 amide bonds. The van der Waals surface area contributed by atoms with E-state index >= 15 is 0 Å². The fourth-order valence-electron chi connectivity index (χ4n) is 2.53. The molecule has 0 bridgehead atoms. The van der Waals surface area contributed by atoms with Crippen molar-refractivity contribution in [1.82, 2.24) is 9.97 Å². The number of halogens is 1. The third-order valence-corrected chi connectivity index (χ3v) is 3.98. The molecule has 1 aromatic carbocycles. The van der Waals surface area contributed by atoms with Gasteiger partial charge in [-0.1, -0.05) is 11.6 Å². The Morgan fingerprint density at radius 2 is 2.30 bits per heavy atom. The molecule has 0 saturated heterocycles. The first kappa shape index (κ1) is 15.6. The van der Waals surface area contributed by atoms with Crippen molar-refractivity contribution in [3.63, 3.8) is 0 Å². The van der Waals surface area contributed by atoms with Crippen molar-refractivity contribution in [2.75, 3.05) is 6.61 Å². The van der Waals surface area contributed by atoms with Crippen molar-refractivity contribution in [3.8, 4) is 0 Å². The molecule has 2 atom stereocenters. The Morgan fingerprint density at radius 1 is 1.52 bits per heavy atom. The van der Waals surface area contributed by atoms with E-state index in [0.29, 0.717) is 28.2 Å². The Morgan fingerprint density at radius 3 is 3.04 bits per heavy atom. The number of nitrogens with one attached hydrogen (secondary N) is 1. The van der Waals surface area contributed by atoms with E-state index in [0.717, 1.165) is 0 Å². The van der Waals surface area contributed by atoms with E-state index in [1.807, 2.05) is 0 Å². The molecule has 0 radical (unpaired) electrons. The average Bonchev–Trinajstić information content (AvgIpc) is 2.92. The summed E-state index contributed by atoms with van der Waals surface area (Å²) >= 11 is 5.90. The number of nitrogens with zero attached hydrogens (tertiary/aromatic N) is 3. The van der Waals surface area contributed by atoms with Gasteiger partial charge in [0.25, 0.3) is 5.56 Å². The van der Waals surface area contributed by atoms with Crippen molar-refractivity contribution in [3.05, 3.63) is 39.4 Å². The van der Waals surface area contributed by atoms with Crippen molar-refractivity contribution in [1.29, 1.82) is 0 Å². The number of hydrogen-bond acceptors (Lipinski definition) is 6. The minimum atomic E-state index is -0.871. The summed E-state index contributed by atoms with van der Waals surface area (Å²) in [4.78, 5) is 31.2. The maximum absolute atomic E-state index is 12.3. The van der Waals surface area contributed by atoms with Gasteiger partial charge in [0.2, 0.25) is 0 Å². The third kappa shape index (κ3) is 2.84. The lowest BCUT2D eigenvalue weighted by molar-refractivity contribution is -0.144. The number of carbonyl (C=O) groups excluding carboxylic acids is 1. The Labute approximate surface area is 136 Å². The zero-order valence-electron chi connectivity index (χ0n) is 12.7. The van der Waals surface area contributed by atoms with E-state index in [1.54, 1.807) is 32.0 Å². The maximum Gasteiger partial charge on any atom is 0.332 e. The molecule has 3 rings (SSSR count). The summed E-state index contributed by atoms with van der Waals surface area (Å²) in [5.41, 5.74) is -0.655. The van der Waals surface area contributed by atoms with E-state index in [2.05, 4.69) is 20.2 Å². The zero-order valence-corrected chi connectivity index (χ0v) is 13.4. The zero-order chi connectivity index (χ0) is 16.6. The number of esters is 1. The van der Waals surface area contributed by atoms with Crippen molar-refractivity contribution in [2.24, 2.45) is 10.2 Å². The molecule has 0 spiro atoms. The first-order chi connectivity index (χ1) is 10.9. The van der Waals surface area contributed by atoms with E-state index in [-0.39, 0.29) is 12.2 Å². The molecule has 2 heterocycles. The largest absolute Gasteiger partial charge is 0.464 e. The molecule has 0 fully saturated rings. The van der Waals surface area contributed by atoms with E-state index < -0.39 is 17.6 Å². The highest BCUT2D eigenvalue weighted by atomic mass is 35.5. The SMILES string of the molecule is CCOC(=O)C1CC(C)(c2nc3ccc(Cl)cc3c(=O)[nH]2)N=N1. The van der Waals surface area contributed by atoms with Gasteiger partial charge in [-0.05, 0) is 32.0 Å². The molecule has 0 saturated carbocycles. The van der Waals surface area contributed by atoms with E-state index in [4.69, 9.17) is 16.3 Å². The fourth-order valence-corrected chi connectivity index (χ4v) is 2.71. The number of ether oxygens (including phenoxy) is 1. The minimum Gasteiger partial charge on any atom is -0.464 e. The van der Waals surface area contributed by atoms with Crippen molar-refractivity contribution < 1.29 is 9.53 Å². The van der Waals surface area contributed by atoms with E-state index in [1.165, 1.54) is 0 Å². The highest BCUT2D eigenvalue weighted by molar-refractivity contribution is 6.31. The lowest BCUT2D eigenvalue weighted by Crippen LogP contribution is -2.29. The predicted molar refractivity (Wildman–Crippen MR) is 84.6 cm³/mol. The van der Waals surface area contributed by atoms with Gasteiger partial charge in [-0.3, -0.25) is 4.79 Å². The summed E-state index contributed by atoms with van der Waals surface area (Å²) < 4.78 is 4.96. The second-order valence-electron chi connectivity index (χ2n) is 5.54. The predicted octanol–water partition coefficient (Wildman–Crippen LogP) is 2.58. The standard InChI is InChI=1S/C15H15ClN4O3/c1-3-23-13(22)11-7-15(2,20-19-11)14-17-10-5-4-8(16)6-9(10)12(21)18-14/h4-6,11H,3,7H2,1-2H3,(H,17,18,21). The van der Waals surface area contributed by atoms with Gasteiger partial charge in [0.1, 0.15) is 11.4 Å². The van der Waals surface area contributed by atoms with Crippen LogP contribution in [0, 0.1) is 0 Å². The lowest BCUT2D eigenvalue weighted by atomic mass is 9.94. The van der Waals surface area contributed by atoms with Gasteiger partial charge in [0.05, 0.1) is 17.5 Å². The Kier molecular flexibility index (Phi) is 3.89. The van der Waals surface area contributed by atoms with Crippen LogP contribution in [0.1, 0.15) is 26.1 Å². The molecular formula is C15H15ClN4O3. The molecule has 1 aromatic heterocycles. The van der Waals surface area contributed by atoms with Gasteiger partial charge < -0.3 is 9.72 Å². The fraction of sp³-hybridized carbons (Fsp3) is 0.400. The van der Waals surface area contributed by atoms with Crippen LogP contribution < -0.4 is 5.56 Å². The first-order valence-corrected chi connectivity index (χ1v) is 7.59. The maximum atomic E-state index is 12.3. The quantitative estimate of drug-likeness (QED) is 0.872. The molecule has 1 aliphatic heterocycles.